The highest BCUT2D eigenvalue weighted by atomic mass is 32.2. The van der Waals surface area contributed by atoms with E-state index in [0.717, 1.165) is 10.6 Å². The summed E-state index contributed by atoms with van der Waals surface area (Å²) in [5.74, 6) is 1.15. The van der Waals surface area contributed by atoms with Gasteiger partial charge in [0.2, 0.25) is 10.0 Å². The summed E-state index contributed by atoms with van der Waals surface area (Å²) in [4.78, 5) is 12.4. The molecular formula is C22H27N3O7S. The van der Waals surface area contributed by atoms with Crippen LogP contribution in [-0.2, 0) is 14.8 Å². The third kappa shape index (κ3) is 7.14. The minimum Gasteiger partial charge on any atom is -0.493 e. The van der Waals surface area contributed by atoms with Crippen molar-refractivity contribution in [3.8, 4) is 23.0 Å². The number of ether oxygens (including phenoxy) is 4. The SMILES string of the molecule is C=CCOc1ccc(/C=N\NC(=O)CN(c2ccc(OC)c(OC)c2)S(C)(=O)=O)cc1OC. The minimum atomic E-state index is -3.77. The molecule has 0 radical (unpaired) electrons. The summed E-state index contributed by atoms with van der Waals surface area (Å²) < 4.78 is 46.7. The second-order valence-corrected chi connectivity index (χ2v) is 8.52. The van der Waals surface area contributed by atoms with Crippen molar-refractivity contribution in [1.29, 1.82) is 0 Å². The normalized spacial score (nSPS) is 11.0. The number of hydrogen-bond donors (Lipinski definition) is 1. The number of hydrogen-bond acceptors (Lipinski definition) is 8. The standard InChI is InChI=1S/C22H27N3O7S/c1-6-11-32-19-9-7-16(12-20(19)30-3)14-23-24-22(26)15-25(33(5,27)28)17-8-10-18(29-2)21(13-17)31-4/h6-10,12-14H,1,11,15H2,2-5H3,(H,24,26)/b23-14-. The lowest BCUT2D eigenvalue weighted by Gasteiger charge is -2.22. The van der Waals surface area contributed by atoms with Gasteiger partial charge < -0.3 is 18.9 Å². The van der Waals surface area contributed by atoms with E-state index in [1.165, 1.54) is 39.7 Å². The number of nitrogens with one attached hydrogen (secondary N) is 1. The highest BCUT2D eigenvalue weighted by Crippen LogP contribution is 2.32. The van der Waals surface area contributed by atoms with Crippen LogP contribution in [0.3, 0.4) is 0 Å². The number of benzene rings is 2. The molecule has 33 heavy (non-hydrogen) atoms. The summed E-state index contributed by atoms with van der Waals surface area (Å²) >= 11 is 0. The smallest absolute Gasteiger partial charge is 0.260 e. The van der Waals surface area contributed by atoms with Gasteiger partial charge >= 0.3 is 0 Å². The Labute approximate surface area is 193 Å². The quantitative estimate of drug-likeness (QED) is 0.283. The Hall–Kier alpha value is -3.73. The van der Waals surface area contributed by atoms with Crippen molar-refractivity contribution in [3.05, 3.63) is 54.6 Å². The van der Waals surface area contributed by atoms with Gasteiger partial charge in [-0.25, -0.2) is 13.8 Å². The molecule has 11 heteroatoms. The maximum atomic E-state index is 12.4. The molecule has 0 saturated carbocycles. The van der Waals surface area contributed by atoms with Crippen LogP contribution in [0.4, 0.5) is 5.69 Å². The number of nitrogens with zero attached hydrogens (tertiary/aromatic N) is 2. The van der Waals surface area contributed by atoms with Crippen LogP contribution in [0.5, 0.6) is 23.0 Å². The fourth-order valence-corrected chi connectivity index (χ4v) is 3.61. The van der Waals surface area contributed by atoms with Crippen molar-refractivity contribution < 1.29 is 32.2 Å². The van der Waals surface area contributed by atoms with Crippen LogP contribution in [0.15, 0.2) is 54.2 Å². The van der Waals surface area contributed by atoms with Gasteiger partial charge in [-0.2, -0.15) is 5.10 Å². The van der Waals surface area contributed by atoms with E-state index < -0.39 is 22.5 Å². The van der Waals surface area contributed by atoms with E-state index in [9.17, 15) is 13.2 Å². The van der Waals surface area contributed by atoms with E-state index in [2.05, 4.69) is 17.1 Å². The molecule has 2 aromatic rings. The van der Waals surface area contributed by atoms with Gasteiger partial charge in [0.15, 0.2) is 23.0 Å². The van der Waals surface area contributed by atoms with Gasteiger partial charge in [-0.05, 0) is 35.9 Å². The van der Waals surface area contributed by atoms with E-state index in [4.69, 9.17) is 18.9 Å². The maximum absolute atomic E-state index is 12.4. The molecule has 2 rings (SSSR count). The van der Waals surface area contributed by atoms with E-state index in [1.807, 2.05) is 0 Å². The average Bonchev–Trinajstić information content (AvgIpc) is 2.80. The summed E-state index contributed by atoms with van der Waals surface area (Å²) in [5.41, 5.74) is 3.21. The van der Waals surface area contributed by atoms with Crippen molar-refractivity contribution >= 4 is 27.8 Å². The van der Waals surface area contributed by atoms with Gasteiger partial charge in [-0.3, -0.25) is 9.10 Å². The molecule has 0 aliphatic rings. The highest BCUT2D eigenvalue weighted by molar-refractivity contribution is 7.92. The third-order valence-corrected chi connectivity index (χ3v) is 5.43. The number of methoxy groups -OCH3 is 3. The van der Waals surface area contributed by atoms with Gasteiger partial charge in [0.25, 0.3) is 5.91 Å². The number of carbonyl (C=O) groups is 1. The molecule has 1 amide bonds. The zero-order valence-corrected chi connectivity index (χ0v) is 19.7. The number of hydrazone groups is 1. The van der Waals surface area contributed by atoms with Crippen LogP contribution in [0.25, 0.3) is 0 Å². The molecule has 0 aliphatic carbocycles. The fraction of sp³-hybridized carbons (Fsp3) is 0.273. The number of carbonyl (C=O) groups excluding carboxylic acids is 1. The van der Waals surface area contributed by atoms with Crippen molar-refractivity contribution in [2.75, 3.05) is 45.0 Å². The molecule has 0 aliphatic heterocycles. The Morgan fingerprint density at radius 1 is 1.03 bits per heavy atom. The second kappa shape index (κ2) is 11.8. The molecule has 0 aromatic heterocycles. The summed E-state index contributed by atoms with van der Waals surface area (Å²) in [7, 11) is 0.636. The first kappa shape index (κ1) is 25.5. The van der Waals surface area contributed by atoms with Crippen molar-refractivity contribution in [3.63, 3.8) is 0 Å². The van der Waals surface area contributed by atoms with Crippen molar-refractivity contribution in [1.82, 2.24) is 5.43 Å². The first-order chi connectivity index (χ1) is 15.7. The molecular weight excluding hydrogens is 450 g/mol. The monoisotopic (exact) mass is 477 g/mol. The Bertz CT molecular complexity index is 1120. The van der Waals surface area contributed by atoms with E-state index >= 15 is 0 Å². The topological polar surface area (TPSA) is 116 Å². The zero-order valence-electron chi connectivity index (χ0n) is 18.9. The van der Waals surface area contributed by atoms with Crippen molar-refractivity contribution in [2.24, 2.45) is 5.10 Å². The van der Waals surface area contributed by atoms with Crippen LogP contribution in [-0.4, -0.2) is 61.3 Å². The molecule has 0 fully saturated rings. The lowest BCUT2D eigenvalue weighted by Crippen LogP contribution is -2.39. The minimum absolute atomic E-state index is 0.245. The van der Waals surface area contributed by atoms with Crippen LogP contribution >= 0.6 is 0 Å². The molecule has 10 nitrogen and oxygen atoms in total. The van der Waals surface area contributed by atoms with E-state index in [0.29, 0.717) is 35.2 Å². The van der Waals surface area contributed by atoms with Crippen LogP contribution in [0.2, 0.25) is 0 Å². The summed E-state index contributed by atoms with van der Waals surface area (Å²) in [6, 6.07) is 9.65. The van der Waals surface area contributed by atoms with Crippen LogP contribution in [0, 0.1) is 0 Å². The first-order valence-corrected chi connectivity index (χ1v) is 11.5. The highest BCUT2D eigenvalue weighted by Gasteiger charge is 2.22. The number of amides is 1. The Balaban J connectivity index is 2.12. The van der Waals surface area contributed by atoms with E-state index in [-0.39, 0.29) is 5.69 Å². The van der Waals surface area contributed by atoms with Crippen LogP contribution < -0.4 is 28.7 Å². The maximum Gasteiger partial charge on any atom is 0.260 e. The predicted octanol–water partition coefficient (Wildman–Crippen LogP) is 2.19. The van der Waals surface area contributed by atoms with E-state index in [1.54, 1.807) is 30.3 Å². The first-order valence-electron chi connectivity index (χ1n) is 9.66. The van der Waals surface area contributed by atoms with Gasteiger partial charge in [0, 0.05) is 6.07 Å². The predicted molar refractivity (Wildman–Crippen MR) is 126 cm³/mol. The molecule has 0 saturated heterocycles. The van der Waals surface area contributed by atoms with Gasteiger partial charge in [-0.1, -0.05) is 12.7 Å². The Kier molecular flexibility index (Phi) is 9.10. The van der Waals surface area contributed by atoms with Crippen LogP contribution in [0.1, 0.15) is 5.56 Å². The average molecular weight is 478 g/mol. The van der Waals surface area contributed by atoms with Gasteiger partial charge in [-0.15, -0.1) is 0 Å². The molecule has 0 heterocycles. The lowest BCUT2D eigenvalue weighted by atomic mass is 10.2. The lowest BCUT2D eigenvalue weighted by molar-refractivity contribution is -0.119. The molecule has 0 atom stereocenters. The van der Waals surface area contributed by atoms with Gasteiger partial charge in [0.05, 0.1) is 39.5 Å². The van der Waals surface area contributed by atoms with Gasteiger partial charge in [0.1, 0.15) is 13.2 Å². The molecule has 0 unspecified atom stereocenters. The number of rotatable bonds is 12. The fourth-order valence-electron chi connectivity index (χ4n) is 2.76. The Morgan fingerprint density at radius 2 is 1.67 bits per heavy atom. The third-order valence-electron chi connectivity index (χ3n) is 4.29. The summed E-state index contributed by atoms with van der Waals surface area (Å²) in [5, 5.41) is 3.90. The molecule has 178 valence electrons. The molecule has 2 aromatic carbocycles. The second-order valence-electron chi connectivity index (χ2n) is 6.61. The number of sulfonamides is 1. The zero-order chi connectivity index (χ0) is 24.4. The molecule has 0 bridgehead atoms. The van der Waals surface area contributed by atoms with Crippen molar-refractivity contribution in [2.45, 2.75) is 0 Å². The Morgan fingerprint density at radius 3 is 2.27 bits per heavy atom. The summed E-state index contributed by atoms with van der Waals surface area (Å²) in [6.07, 6.45) is 4.02. The largest absolute Gasteiger partial charge is 0.493 e. The molecule has 0 spiro atoms. The number of anilines is 1. The summed E-state index contributed by atoms with van der Waals surface area (Å²) in [6.45, 7) is 3.44. The molecule has 1 N–H and O–H groups in total.